The van der Waals surface area contributed by atoms with E-state index < -0.39 is 0 Å². The maximum atomic E-state index is 4.56. The Morgan fingerprint density at radius 2 is 2.43 bits per heavy atom. The Morgan fingerprint density at radius 3 is 2.71 bits per heavy atom. The Bertz CT molecular complexity index is 48.9. The monoisotopic (exact) mass is 104 g/mol. The van der Waals surface area contributed by atoms with Crippen molar-refractivity contribution in [3.05, 3.63) is 0 Å². The van der Waals surface area contributed by atoms with E-state index in [0.29, 0.717) is 6.61 Å². The molecular weight excluding hydrogens is 96.0 g/mol. The molecule has 0 aromatic rings. The Balaban J connectivity index is 2.12. The molecule has 1 aliphatic heterocycles. The minimum absolute atomic E-state index is 0.189. The second kappa shape index (κ2) is 2.26. The first-order valence-electron chi connectivity index (χ1n) is 2.34. The van der Waals surface area contributed by atoms with E-state index in [1.807, 2.05) is 6.92 Å². The fraction of sp³-hybridized carbons (Fsp3) is 1.00. The molecule has 3 heteroatoms. The van der Waals surface area contributed by atoms with E-state index in [4.69, 9.17) is 0 Å². The van der Waals surface area contributed by atoms with Gasteiger partial charge in [0.15, 0.2) is 0 Å². The van der Waals surface area contributed by atoms with Crippen molar-refractivity contribution < 1.29 is 14.8 Å². The van der Waals surface area contributed by atoms with Crippen LogP contribution >= 0.6 is 0 Å². The summed E-state index contributed by atoms with van der Waals surface area (Å²) in [4.78, 5) is 8.97. The summed E-state index contributed by atoms with van der Waals surface area (Å²) in [6, 6.07) is 0. The third kappa shape index (κ3) is 1.43. The second-order valence-electron chi connectivity index (χ2n) is 1.59. The maximum absolute atomic E-state index is 4.56. The standard InChI is InChI=1S/C4H8O3/c1-4-2-3-5-7-6-4/h4H,2-3H2,1H3. The van der Waals surface area contributed by atoms with Gasteiger partial charge in [0.1, 0.15) is 0 Å². The van der Waals surface area contributed by atoms with E-state index in [-0.39, 0.29) is 6.10 Å². The predicted octanol–water partition coefficient (Wildman–Crippen LogP) is 0.658. The van der Waals surface area contributed by atoms with Crippen molar-refractivity contribution in [2.24, 2.45) is 0 Å². The average molecular weight is 104 g/mol. The summed E-state index contributed by atoms with van der Waals surface area (Å²) in [5.41, 5.74) is 0. The van der Waals surface area contributed by atoms with E-state index in [2.05, 4.69) is 14.8 Å². The van der Waals surface area contributed by atoms with E-state index in [1.54, 1.807) is 0 Å². The van der Waals surface area contributed by atoms with E-state index >= 15 is 0 Å². The van der Waals surface area contributed by atoms with Gasteiger partial charge in [-0.3, -0.25) is 0 Å². The van der Waals surface area contributed by atoms with Gasteiger partial charge >= 0.3 is 0 Å². The minimum Gasteiger partial charge on any atom is -0.206 e. The number of hydrogen-bond acceptors (Lipinski definition) is 3. The molecule has 0 aromatic heterocycles. The van der Waals surface area contributed by atoms with Crippen LogP contribution in [0.4, 0.5) is 0 Å². The normalized spacial score (nSPS) is 33.0. The van der Waals surface area contributed by atoms with Crippen molar-refractivity contribution in [3.8, 4) is 0 Å². The highest BCUT2D eigenvalue weighted by Crippen LogP contribution is 2.04. The molecule has 0 radical (unpaired) electrons. The van der Waals surface area contributed by atoms with Gasteiger partial charge in [0.05, 0.1) is 12.7 Å². The molecule has 0 bridgehead atoms. The molecule has 3 nitrogen and oxygen atoms in total. The van der Waals surface area contributed by atoms with Crippen molar-refractivity contribution in [2.45, 2.75) is 19.4 Å². The highest BCUT2D eigenvalue weighted by molar-refractivity contribution is 4.45. The van der Waals surface area contributed by atoms with Crippen LogP contribution in [0.3, 0.4) is 0 Å². The molecule has 1 saturated heterocycles. The Kier molecular flexibility index (Phi) is 1.62. The van der Waals surface area contributed by atoms with Crippen molar-refractivity contribution in [1.29, 1.82) is 0 Å². The summed E-state index contributed by atoms with van der Waals surface area (Å²) >= 11 is 0. The summed E-state index contributed by atoms with van der Waals surface area (Å²) in [5, 5.41) is 4.18. The molecule has 0 saturated carbocycles. The molecule has 1 atom stereocenters. The first kappa shape index (κ1) is 5.03. The highest BCUT2D eigenvalue weighted by atomic mass is 17.5. The summed E-state index contributed by atoms with van der Waals surface area (Å²) < 4.78 is 0. The zero-order valence-electron chi connectivity index (χ0n) is 4.22. The third-order valence-corrected chi connectivity index (χ3v) is 0.859. The lowest BCUT2D eigenvalue weighted by molar-refractivity contribution is -0.546. The van der Waals surface area contributed by atoms with E-state index in [9.17, 15) is 0 Å². The molecule has 1 fully saturated rings. The molecule has 0 aromatic carbocycles. The SMILES string of the molecule is CC1CCOOO1. The fourth-order valence-corrected chi connectivity index (χ4v) is 0.391. The number of rotatable bonds is 0. The van der Waals surface area contributed by atoms with Crippen molar-refractivity contribution in [1.82, 2.24) is 0 Å². The van der Waals surface area contributed by atoms with E-state index in [1.165, 1.54) is 0 Å². The van der Waals surface area contributed by atoms with E-state index in [0.717, 1.165) is 6.42 Å². The first-order chi connectivity index (χ1) is 3.39. The summed E-state index contributed by atoms with van der Waals surface area (Å²) in [7, 11) is 0. The Hall–Kier alpha value is -0.120. The average Bonchev–Trinajstić information content (AvgIpc) is 1.69. The van der Waals surface area contributed by atoms with Gasteiger partial charge in [-0.2, -0.15) is 0 Å². The summed E-state index contributed by atoms with van der Waals surface area (Å²) in [5.74, 6) is 0. The molecule has 7 heavy (non-hydrogen) atoms. The molecule has 1 heterocycles. The summed E-state index contributed by atoms with van der Waals surface area (Å²) in [6.45, 7) is 2.57. The topological polar surface area (TPSA) is 27.7 Å². The molecule has 0 spiro atoms. The Morgan fingerprint density at radius 1 is 1.57 bits per heavy atom. The number of hydrogen-bond donors (Lipinski definition) is 0. The van der Waals surface area contributed by atoms with Crippen LogP contribution in [-0.2, 0) is 14.8 Å². The van der Waals surface area contributed by atoms with Gasteiger partial charge < -0.3 is 0 Å². The van der Waals surface area contributed by atoms with Gasteiger partial charge in [-0.25, -0.2) is 9.78 Å². The van der Waals surface area contributed by atoms with Crippen molar-refractivity contribution >= 4 is 0 Å². The quantitative estimate of drug-likeness (QED) is 0.422. The zero-order valence-corrected chi connectivity index (χ0v) is 4.22. The van der Waals surface area contributed by atoms with Crippen LogP contribution in [-0.4, -0.2) is 12.7 Å². The van der Waals surface area contributed by atoms with Gasteiger partial charge in [0.25, 0.3) is 0 Å². The van der Waals surface area contributed by atoms with Crippen molar-refractivity contribution in [2.75, 3.05) is 6.61 Å². The van der Waals surface area contributed by atoms with Gasteiger partial charge in [-0.05, 0) is 6.92 Å². The molecular formula is C4H8O3. The summed E-state index contributed by atoms with van der Waals surface area (Å²) in [6.07, 6.45) is 1.11. The minimum atomic E-state index is 0.189. The van der Waals surface area contributed by atoms with Gasteiger partial charge in [0.2, 0.25) is 0 Å². The molecule has 1 unspecified atom stereocenters. The highest BCUT2D eigenvalue weighted by Gasteiger charge is 2.08. The molecule has 0 N–H and O–H groups in total. The maximum Gasteiger partial charge on any atom is 0.0956 e. The lowest BCUT2D eigenvalue weighted by atomic mass is 10.3. The van der Waals surface area contributed by atoms with Crippen LogP contribution in [0.5, 0.6) is 0 Å². The van der Waals surface area contributed by atoms with Gasteiger partial charge in [-0.15, -0.1) is 0 Å². The first-order valence-corrected chi connectivity index (χ1v) is 2.34. The lowest BCUT2D eigenvalue weighted by Gasteiger charge is -2.14. The van der Waals surface area contributed by atoms with Gasteiger partial charge in [-0.1, -0.05) is 5.04 Å². The van der Waals surface area contributed by atoms with Crippen LogP contribution in [0.2, 0.25) is 0 Å². The fourth-order valence-electron chi connectivity index (χ4n) is 0.391. The van der Waals surface area contributed by atoms with Crippen LogP contribution in [0.1, 0.15) is 13.3 Å². The van der Waals surface area contributed by atoms with Crippen LogP contribution in [0.25, 0.3) is 0 Å². The predicted molar refractivity (Wildman–Crippen MR) is 22.2 cm³/mol. The molecule has 42 valence electrons. The molecule has 1 rings (SSSR count). The second-order valence-corrected chi connectivity index (χ2v) is 1.59. The van der Waals surface area contributed by atoms with Crippen molar-refractivity contribution in [3.63, 3.8) is 0 Å². The lowest BCUT2D eigenvalue weighted by Crippen LogP contribution is -2.18. The van der Waals surface area contributed by atoms with Crippen LogP contribution in [0.15, 0.2) is 0 Å². The molecule has 0 aliphatic carbocycles. The largest absolute Gasteiger partial charge is 0.206 e. The van der Waals surface area contributed by atoms with Gasteiger partial charge in [0, 0.05) is 6.42 Å². The van der Waals surface area contributed by atoms with Crippen LogP contribution < -0.4 is 0 Å². The zero-order chi connectivity index (χ0) is 5.11. The Labute approximate surface area is 42.0 Å². The third-order valence-electron chi connectivity index (χ3n) is 0.859. The smallest absolute Gasteiger partial charge is 0.0956 e. The molecule has 0 amide bonds. The van der Waals surface area contributed by atoms with Crippen LogP contribution in [0, 0.1) is 0 Å². The molecule has 1 aliphatic rings.